The summed E-state index contributed by atoms with van der Waals surface area (Å²) in [6, 6.07) is 13.6. The van der Waals surface area contributed by atoms with Crippen LogP contribution in [0.5, 0.6) is 23.0 Å². The Labute approximate surface area is 202 Å². The van der Waals surface area contributed by atoms with Gasteiger partial charge in [0.05, 0.1) is 39.6 Å². The van der Waals surface area contributed by atoms with E-state index in [-0.39, 0.29) is 11.8 Å². The fourth-order valence-electron chi connectivity index (χ4n) is 4.90. The number of amides is 1. The first-order valence-corrected chi connectivity index (χ1v) is 11.4. The molecule has 1 unspecified atom stereocenters. The van der Waals surface area contributed by atoms with Crippen LogP contribution in [0.15, 0.2) is 42.5 Å². The van der Waals surface area contributed by atoms with Crippen molar-refractivity contribution in [2.24, 2.45) is 0 Å². The minimum Gasteiger partial charge on any atom is -0.496 e. The van der Waals surface area contributed by atoms with Gasteiger partial charge in [-0.1, -0.05) is 24.3 Å². The number of carbonyl (C=O) groups excluding carboxylic acids is 1. The summed E-state index contributed by atoms with van der Waals surface area (Å²) in [5.74, 6) is 2.43. The summed E-state index contributed by atoms with van der Waals surface area (Å²) in [5.41, 5.74) is 2.97. The monoisotopic (exact) mass is 480 g/mol. The third kappa shape index (κ3) is 3.22. The van der Waals surface area contributed by atoms with E-state index >= 15 is 0 Å². The first kappa shape index (κ1) is 22.2. The second-order valence-electron chi connectivity index (χ2n) is 8.12. The fourth-order valence-corrected chi connectivity index (χ4v) is 5.16. The molecule has 2 heterocycles. The number of hydrogen-bond acceptors (Lipinski definition) is 5. The molecule has 0 saturated heterocycles. The lowest BCUT2D eigenvalue weighted by molar-refractivity contribution is 0.0984. The van der Waals surface area contributed by atoms with Crippen molar-refractivity contribution in [1.82, 2.24) is 4.98 Å². The van der Waals surface area contributed by atoms with Gasteiger partial charge in [0.15, 0.2) is 11.5 Å². The van der Waals surface area contributed by atoms with Gasteiger partial charge in [0.1, 0.15) is 11.4 Å². The maximum Gasteiger partial charge on any atom is 0.274 e. The Morgan fingerprint density at radius 2 is 1.68 bits per heavy atom. The van der Waals surface area contributed by atoms with E-state index in [0.29, 0.717) is 40.9 Å². The highest BCUT2D eigenvalue weighted by atomic mass is 35.5. The summed E-state index contributed by atoms with van der Waals surface area (Å²) in [7, 11) is 6.30. The molecule has 0 radical (unpaired) electrons. The second-order valence-corrected chi connectivity index (χ2v) is 8.43. The molecule has 5 rings (SSSR count). The average molecular weight is 481 g/mol. The van der Waals surface area contributed by atoms with Crippen LogP contribution in [0.2, 0.25) is 0 Å². The van der Waals surface area contributed by atoms with Crippen molar-refractivity contribution < 1.29 is 23.7 Å². The van der Waals surface area contributed by atoms with Crippen molar-refractivity contribution in [3.63, 3.8) is 0 Å². The van der Waals surface area contributed by atoms with Gasteiger partial charge in [-0.2, -0.15) is 0 Å². The molecule has 0 bridgehead atoms. The zero-order valence-electron chi connectivity index (χ0n) is 19.4. The number of nitrogens with zero attached hydrogens (tertiary/aromatic N) is 1. The number of anilines is 1. The van der Waals surface area contributed by atoms with E-state index in [4.69, 9.17) is 30.5 Å². The summed E-state index contributed by atoms with van der Waals surface area (Å²) in [6.45, 7) is 0.480. The molecule has 0 saturated carbocycles. The lowest BCUT2D eigenvalue weighted by atomic mass is 9.95. The number of rotatable bonds is 6. The van der Waals surface area contributed by atoms with Gasteiger partial charge in [-0.05, 0) is 23.1 Å². The Morgan fingerprint density at radius 1 is 0.971 bits per heavy atom. The maximum atomic E-state index is 13.8. The number of hydrogen-bond donors (Lipinski definition) is 1. The van der Waals surface area contributed by atoms with Gasteiger partial charge in [0.2, 0.25) is 5.75 Å². The lowest BCUT2D eigenvalue weighted by Gasteiger charge is -2.18. The van der Waals surface area contributed by atoms with Crippen LogP contribution in [0, 0.1) is 0 Å². The fraction of sp³-hybridized carbons (Fsp3) is 0.269. The van der Waals surface area contributed by atoms with Crippen molar-refractivity contribution >= 4 is 44.9 Å². The number of halogens is 1. The largest absolute Gasteiger partial charge is 0.496 e. The van der Waals surface area contributed by atoms with Gasteiger partial charge >= 0.3 is 0 Å². The number of methoxy groups -OCH3 is 4. The highest BCUT2D eigenvalue weighted by Crippen LogP contribution is 2.47. The molecule has 1 N–H and O–H groups in total. The van der Waals surface area contributed by atoms with Crippen molar-refractivity contribution in [3.05, 3.63) is 53.7 Å². The van der Waals surface area contributed by atoms with Crippen LogP contribution >= 0.6 is 11.6 Å². The number of nitrogens with one attached hydrogen (secondary N) is 1. The van der Waals surface area contributed by atoms with Gasteiger partial charge in [0, 0.05) is 35.2 Å². The molecular formula is C26H25ClN2O5. The third-order valence-corrected chi connectivity index (χ3v) is 6.80. The highest BCUT2D eigenvalue weighted by Gasteiger charge is 2.35. The molecule has 0 fully saturated rings. The maximum absolute atomic E-state index is 13.8. The van der Waals surface area contributed by atoms with Crippen molar-refractivity contribution in [1.29, 1.82) is 0 Å². The molecule has 3 aromatic carbocycles. The number of benzene rings is 3. The molecule has 176 valence electrons. The normalized spacial score (nSPS) is 15.0. The molecule has 34 heavy (non-hydrogen) atoms. The van der Waals surface area contributed by atoms with Crippen LogP contribution in [-0.2, 0) is 0 Å². The topological polar surface area (TPSA) is 73.0 Å². The lowest BCUT2D eigenvalue weighted by Crippen LogP contribution is -2.30. The third-order valence-electron chi connectivity index (χ3n) is 6.43. The molecule has 8 heteroatoms. The van der Waals surface area contributed by atoms with E-state index in [1.165, 1.54) is 0 Å². The molecule has 0 aliphatic carbocycles. The van der Waals surface area contributed by atoms with Crippen LogP contribution in [0.25, 0.3) is 21.7 Å². The summed E-state index contributed by atoms with van der Waals surface area (Å²) in [6.07, 6.45) is 0. The van der Waals surface area contributed by atoms with Crippen molar-refractivity contribution in [2.75, 3.05) is 45.8 Å². The minimum atomic E-state index is -0.164. The standard InChI is InChI=1S/C26H25ClN2O5/c1-31-20-11-19-22(17-8-6-5-7-16(17)20)15(12-27)13-29(19)26(30)18-9-14-10-21(32-2)24(33-3)25(34-4)23(14)28-18/h5-11,15,28H,12-13H2,1-4H3. The Morgan fingerprint density at radius 3 is 2.32 bits per heavy atom. The number of fused-ring (bicyclic) bond motifs is 4. The van der Waals surface area contributed by atoms with Crippen molar-refractivity contribution in [2.45, 2.75) is 5.92 Å². The van der Waals surface area contributed by atoms with Crippen LogP contribution in [0.4, 0.5) is 5.69 Å². The van der Waals surface area contributed by atoms with E-state index in [1.54, 1.807) is 39.4 Å². The van der Waals surface area contributed by atoms with Crippen LogP contribution in [0.1, 0.15) is 22.0 Å². The number of aromatic amines is 1. The summed E-state index contributed by atoms with van der Waals surface area (Å²) >= 11 is 6.37. The molecule has 4 aromatic rings. The Kier molecular flexibility index (Phi) is 5.65. The highest BCUT2D eigenvalue weighted by molar-refractivity contribution is 6.19. The molecule has 1 aliphatic heterocycles. The number of carbonyl (C=O) groups is 1. The molecule has 7 nitrogen and oxygen atoms in total. The Bertz CT molecular complexity index is 1410. The van der Waals surface area contributed by atoms with E-state index in [2.05, 4.69) is 11.1 Å². The number of ether oxygens (including phenoxy) is 4. The Hall–Kier alpha value is -3.58. The van der Waals surface area contributed by atoms with E-state index in [0.717, 1.165) is 33.2 Å². The smallest absolute Gasteiger partial charge is 0.274 e. The molecule has 0 spiro atoms. The zero-order valence-corrected chi connectivity index (χ0v) is 20.2. The first-order valence-electron chi connectivity index (χ1n) is 10.8. The number of H-pyrrole nitrogens is 1. The Balaban J connectivity index is 1.65. The van der Waals surface area contributed by atoms with Gasteiger partial charge in [0.25, 0.3) is 5.91 Å². The summed E-state index contributed by atoms with van der Waals surface area (Å²) in [4.78, 5) is 18.8. The van der Waals surface area contributed by atoms with Gasteiger partial charge < -0.3 is 28.8 Å². The second kappa shape index (κ2) is 8.65. The van der Waals surface area contributed by atoms with E-state index in [1.807, 2.05) is 30.3 Å². The molecule has 1 amide bonds. The first-order chi connectivity index (χ1) is 16.6. The zero-order chi connectivity index (χ0) is 24.0. The quantitative estimate of drug-likeness (QED) is 0.377. The molecule has 1 atom stereocenters. The molecular weight excluding hydrogens is 456 g/mol. The van der Waals surface area contributed by atoms with Crippen molar-refractivity contribution in [3.8, 4) is 23.0 Å². The average Bonchev–Trinajstić information content (AvgIpc) is 3.47. The van der Waals surface area contributed by atoms with Crippen LogP contribution < -0.4 is 23.8 Å². The van der Waals surface area contributed by atoms with E-state index < -0.39 is 0 Å². The molecule has 1 aliphatic rings. The van der Waals surface area contributed by atoms with Crippen LogP contribution in [0.3, 0.4) is 0 Å². The van der Waals surface area contributed by atoms with Gasteiger partial charge in [-0.3, -0.25) is 4.79 Å². The number of aromatic nitrogens is 1. The molecule has 1 aromatic heterocycles. The van der Waals surface area contributed by atoms with E-state index in [9.17, 15) is 4.79 Å². The summed E-state index contributed by atoms with van der Waals surface area (Å²) < 4.78 is 22.2. The SMILES string of the molecule is COc1cc2cc(C(=O)N3CC(CCl)c4c3cc(OC)c3ccccc43)[nH]c2c(OC)c1OC. The van der Waals surface area contributed by atoms with Crippen LogP contribution in [-0.4, -0.2) is 51.8 Å². The van der Waals surface area contributed by atoms with Gasteiger partial charge in [-0.25, -0.2) is 0 Å². The number of alkyl halides is 1. The van der Waals surface area contributed by atoms with Gasteiger partial charge in [-0.15, -0.1) is 11.6 Å². The predicted octanol–water partition coefficient (Wildman–Crippen LogP) is 5.34. The summed E-state index contributed by atoms with van der Waals surface area (Å²) in [5, 5.41) is 2.83. The predicted molar refractivity (Wildman–Crippen MR) is 134 cm³/mol. The minimum absolute atomic E-state index is 0.00975.